The molecule has 2 aromatic carbocycles. The Bertz CT molecular complexity index is 1440. The van der Waals surface area contributed by atoms with Crippen molar-refractivity contribution in [3.05, 3.63) is 77.4 Å². The Labute approximate surface area is 249 Å². The molecular formula is C32H34ClN3O6. The highest BCUT2D eigenvalue weighted by Gasteiger charge is 2.71. The van der Waals surface area contributed by atoms with Gasteiger partial charge in [-0.3, -0.25) is 14.4 Å². The van der Waals surface area contributed by atoms with E-state index in [9.17, 15) is 19.5 Å². The largest absolute Gasteiger partial charge is 0.494 e. The second kappa shape index (κ2) is 11.2. The Morgan fingerprint density at radius 1 is 1.02 bits per heavy atom. The number of fused-ring (bicyclic) bond motifs is 2. The van der Waals surface area contributed by atoms with E-state index in [4.69, 9.17) is 21.1 Å². The molecule has 2 saturated heterocycles. The molecule has 0 saturated carbocycles. The van der Waals surface area contributed by atoms with Crippen LogP contribution in [0.5, 0.6) is 5.75 Å². The summed E-state index contributed by atoms with van der Waals surface area (Å²) in [7, 11) is 0. The van der Waals surface area contributed by atoms with E-state index in [2.05, 4.69) is 0 Å². The quantitative estimate of drug-likeness (QED) is 0.495. The van der Waals surface area contributed by atoms with Crippen LogP contribution in [0.25, 0.3) is 0 Å². The van der Waals surface area contributed by atoms with Crippen molar-refractivity contribution in [1.82, 2.24) is 4.90 Å². The number of aliphatic hydroxyl groups excluding tert-OH is 1. The number of amides is 3. The Morgan fingerprint density at radius 2 is 1.79 bits per heavy atom. The first-order valence-electron chi connectivity index (χ1n) is 14.4. The molecule has 10 heteroatoms. The van der Waals surface area contributed by atoms with Gasteiger partial charge in [-0.2, -0.15) is 0 Å². The van der Waals surface area contributed by atoms with Gasteiger partial charge >= 0.3 is 0 Å². The number of anilines is 2. The van der Waals surface area contributed by atoms with Crippen molar-refractivity contribution in [2.75, 3.05) is 42.6 Å². The molecule has 1 unspecified atom stereocenters. The van der Waals surface area contributed by atoms with E-state index in [1.165, 1.54) is 4.90 Å². The van der Waals surface area contributed by atoms with Gasteiger partial charge in [-0.25, -0.2) is 0 Å². The molecule has 0 bridgehead atoms. The average molecular weight is 592 g/mol. The van der Waals surface area contributed by atoms with Crippen LogP contribution in [0.3, 0.4) is 0 Å². The molecule has 1 N–H and O–H groups in total. The predicted molar refractivity (Wildman–Crippen MR) is 159 cm³/mol. The maximum atomic E-state index is 14.5. The lowest BCUT2D eigenvalue weighted by molar-refractivity contribution is -0.140. The van der Waals surface area contributed by atoms with Gasteiger partial charge in [-0.15, -0.1) is 0 Å². The van der Waals surface area contributed by atoms with Gasteiger partial charge in [0.25, 0.3) is 5.91 Å². The summed E-state index contributed by atoms with van der Waals surface area (Å²) in [6.07, 6.45) is 6.95. The number of likely N-dealkylation sites (tertiary alicyclic amines) is 1. The van der Waals surface area contributed by atoms with Crippen LogP contribution >= 0.6 is 11.6 Å². The highest BCUT2D eigenvalue weighted by Crippen LogP contribution is 2.54. The molecule has 0 aromatic heterocycles. The van der Waals surface area contributed by atoms with Gasteiger partial charge < -0.3 is 29.3 Å². The summed E-state index contributed by atoms with van der Waals surface area (Å²) in [5.41, 5.74) is 0.727. The smallest absolute Gasteiger partial charge is 0.253 e. The normalized spacial score (nSPS) is 28.5. The third kappa shape index (κ3) is 4.42. The molecule has 1 spiro atoms. The number of hydrogen-bond acceptors (Lipinski definition) is 6. The van der Waals surface area contributed by atoms with E-state index in [0.717, 1.165) is 5.56 Å². The van der Waals surface area contributed by atoms with E-state index in [-0.39, 0.29) is 43.8 Å². The Balaban J connectivity index is 1.41. The topological polar surface area (TPSA) is 99.6 Å². The van der Waals surface area contributed by atoms with E-state index in [1.54, 1.807) is 21.9 Å². The van der Waals surface area contributed by atoms with Crippen molar-refractivity contribution < 1.29 is 29.0 Å². The third-order valence-corrected chi connectivity index (χ3v) is 8.94. The van der Waals surface area contributed by atoms with Crippen LogP contribution in [-0.2, 0) is 19.1 Å². The van der Waals surface area contributed by atoms with Gasteiger partial charge in [-0.1, -0.05) is 48.0 Å². The molecule has 4 heterocycles. The van der Waals surface area contributed by atoms with Gasteiger partial charge in [0.05, 0.1) is 35.3 Å². The number of rotatable bonds is 7. The molecule has 0 aliphatic carbocycles. The number of carbonyl (C=O) groups is 3. The van der Waals surface area contributed by atoms with Crippen LogP contribution in [-0.4, -0.2) is 78.3 Å². The summed E-state index contributed by atoms with van der Waals surface area (Å²) in [5.74, 6) is -1.95. The van der Waals surface area contributed by atoms with Crippen LogP contribution in [0.2, 0.25) is 5.02 Å². The third-order valence-electron chi connectivity index (χ3n) is 8.63. The number of para-hydroxylation sites is 1. The standard InChI is InChI=1S/C32H34ClN3O6/c1-3-41-22-13-11-21(12-14-22)34-16-5-10-24-25(29(34)38)26-30(39)36(18-7-19-37)28-31(40)35(17-6-15-32(26,28)42-24)27-20(2)8-4-9-23(27)33/h4-6,8-15,24-26,28,37H,3,7,16-19H2,1-2H3/t24-,25+,26+,28?,32+/m1/s1. The van der Waals surface area contributed by atoms with Crippen LogP contribution in [0, 0.1) is 18.8 Å². The van der Waals surface area contributed by atoms with Crippen LogP contribution in [0.4, 0.5) is 11.4 Å². The first-order chi connectivity index (χ1) is 20.3. The van der Waals surface area contributed by atoms with Gasteiger partial charge in [0.1, 0.15) is 17.4 Å². The number of aliphatic hydroxyl groups is 1. The van der Waals surface area contributed by atoms with Crippen LogP contribution in [0.15, 0.2) is 66.8 Å². The number of nitrogens with zero attached hydrogens (tertiary/aromatic N) is 3. The number of halogens is 1. The van der Waals surface area contributed by atoms with E-state index < -0.39 is 29.6 Å². The zero-order chi connectivity index (χ0) is 29.6. The number of ether oxygens (including phenoxy) is 2. The SMILES string of the molecule is CCOc1ccc(N2CC=C[C@H]3O[C@]45C=CCN(c6c(C)cccc6Cl)C(=O)C4N(CCCO)C(=O)[C@@H]5[C@H]3C2=O)cc1. The fourth-order valence-corrected chi connectivity index (χ4v) is 7.23. The molecule has 9 nitrogen and oxygen atoms in total. The number of aryl methyl sites for hydroxylation is 1. The monoisotopic (exact) mass is 591 g/mol. The molecule has 4 aliphatic heterocycles. The lowest BCUT2D eigenvalue weighted by atomic mass is 9.77. The Kier molecular flexibility index (Phi) is 7.59. The second-order valence-corrected chi connectivity index (χ2v) is 11.4. The summed E-state index contributed by atoms with van der Waals surface area (Å²) < 4.78 is 12.3. The highest BCUT2D eigenvalue weighted by atomic mass is 35.5. The van der Waals surface area contributed by atoms with Gasteiger partial charge in [0.15, 0.2) is 0 Å². The molecule has 2 fully saturated rings. The average Bonchev–Trinajstić information content (AvgIpc) is 3.28. The molecule has 4 aliphatic rings. The minimum atomic E-state index is -1.36. The molecule has 0 radical (unpaired) electrons. The molecular weight excluding hydrogens is 558 g/mol. The van der Waals surface area contributed by atoms with Crippen molar-refractivity contribution in [2.24, 2.45) is 11.8 Å². The Hall–Kier alpha value is -3.66. The van der Waals surface area contributed by atoms with Crippen molar-refractivity contribution in [2.45, 2.75) is 38.0 Å². The maximum absolute atomic E-state index is 14.5. The van der Waals surface area contributed by atoms with E-state index in [1.807, 2.05) is 68.5 Å². The fourth-order valence-electron chi connectivity index (χ4n) is 6.90. The molecule has 5 atom stereocenters. The number of hydrogen-bond donors (Lipinski definition) is 1. The maximum Gasteiger partial charge on any atom is 0.253 e. The number of carbonyl (C=O) groups excluding carboxylic acids is 3. The number of benzene rings is 2. The Morgan fingerprint density at radius 3 is 2.50 bits per heavy atom. The first kappa shape index (κ1) is 28.5. The lowest BCUT2D eigenvalue weighted by Crippen LogP contribution is -2.55. The first-order valence-corrected chi connectivity index (χ1v) is 14.7. The lowest BCUT2D eigenvalue weighted by Gasteiger charge is -2.35. The zero-order valence-corrected chi connectivity index (χ0v) is 24.4. The van der Waals surface area contributed by atoms with Crippen molar-refractivity contribution in [1.29, 1.82) is 0 Å². The summed E-state index contributed by atoms with van der Waals surface area (Å²) >= 11 is 6.59. The summed E-state index contributed by atoms with van der Waals surface area (Å²) in [6.45, 7) is 4.89. The van der Waals surface area contributed by atoms with Gasteiger partial charge in [0.2, 0.25) is 11.8 Å². The minimum absolute atomic E-state index is 0.147. The highest BCUT2D eigenvalue weighted by molar-refractivity contribution is 6.34. The van der Waals surface area contributed by atoms with Crippen LogP contribution < -0.4 is 14.5 Å². The van der Waals surface area contributed by atoms with E-state index in [0.29, 0.717) is 35.3 Å². The minimum Gasteiger partial charge on any atom is -0.494 e. The van der Waals surface area contributed by atoms with Crippen molar-refractivity contribution >= 4 is 40.7 Å². The van der Waals surface area contributed by atoms with Crippen molar-refractivity contribution in [3.8, 4) is 5.75 Å². The van der Waals surface area contributed by atoms with Gasteiger partial charge in [0, 0.05) is 31.9 Å². The molecule has 3 amide bonds. The molecule has 2 aromatic rings. The van der Waals surface area contributed by atoms with Gasteiger partial charge in [-0.05, 0) is 56.2 Å². The summed E-state index contributed by atoms with van der Waals surface area (Å²) in [6, 6.07) is 11.7. The summed E-state index contributed by atoms with van der Waals surface area (Å²) in [4.78, 5) is 47.8. The van der Waals surface area contributed by atoms with Crippen LogP contribution in [0.1, 0.15) is 18.9 Å². The molecule has 42 heavy (non-hydrogen) atoms. The molecule has 6 rings (SSSR count). The molecule has 220 valence electrons. The second-order valence-electron chi connectivity index (χ2n) is 11.0. The fraction of sp³-hybridized carbons (Fsp3) is 0.406. The van der Waals surface area contributed by atoms with E-state index >= 15 is 0 Å². The summed E-state index contributed by atoms with van der Waals surface area (Å²) in [5, 5.41) is 10.1. The zero-order valence-electron chi connectivity index (χ0n) is 23.6. The predicted octanol–water partition coefficient (Wildman–Crippen LogP) is 3.52. The van der Waals surface area contributed by atoms with Crippen molar-refractivity contribution in [3.63, 3.8) is 0 Å².